The topological polar surface area (TPSA) is 44.7 Å². The number of carbonyl (C=O) groups excluding carboxylic acids is 1. The van der Waals surface area contributed by atoms with Gasteiger partial charge < -0.3 is 4.90 Å². The average Bonchev–Trinajstić information content (AvgIpc) is 2.60. The molecule has 1 aliphatic heterocycles. The zero-order valence-corrected chi connectivity index (χ0v) is 16.1. The number of nitrogens with zero attached hydrogens (tertiary/aromatic N) is 2. The van der Waals surface area contributed by atoms with E-state index >= 15 is 0 Å². The van der Waals surface area contributed by atoms with Crippen LogP contribution in [-0.2, 0) is 4.79 Å². The zero-order chi connectivity index (χ0) is 17.5. The molecule has 24 heavy (non-hydrogen) atoms. The van der Waals surface area contributed by atoms with Gasteiger partial charge in [-0.3, -0.25) is 4.79 Å². The fourth-order valence-electron chi connectivity index (χ4n) is 3.26. The first-order valence-electron chi connectivity index (χ1n) is 10.3. The van der Waals surface area contributed by atoms with Crippen LogP contribution in [0.25, 0.3) is 0 Å². The molecular weight excluding hydrogens is 298 g/mol. The third-order valence-corrected chi connectivity index (χ3v) is 4.82. The molecule has 1 heterocycles. The summed E-state index contributed by atoms with van der Waals surface area (Å²) < 4.78 is 0. The quantitative estimate of drug-likeness (QED) is 0.384. The van der Waals surface area contributed by atoms with Crippen molar-refractivity contribution in [3.05, 3.63) is 0 Å². The highest BCUT2D eigenvalue weighted by Crippen LogP contribution is 2.11. The zero-order valence-electron chi connectivity index (χ0n) is 16.1. The smallest absolute Gasteiger partial charge is 0.240 e. The van der Waals surface area contributed by atoms with Crippen molar-refractivity contribution in [1.29, 1.82) is 0 Å². The van der Waals surface area contributed by atoms with E-state index in [-0.39, 0.29) is 5.91 Å². The summed E-state index contributed by atoms with van der Waals surface area (Å²) in [7, 11) is 0. The summed E-state index contributed by atoms with van der Waals surface area (Å²) in [4.78, 5) is 14.3. The molecular formula is C20H39N3O. The summed E-state index contributed by atoms with van der Waals surface area (Å²) in [5.74, 6) is 0.0847. The van der Waals surface area contributed by atoms with Gasteiger partial charge in [0.15, 0.2) is 0 Å². The lowest BCUT2D eigenvalue weighted by Crippen LogP contribution is -2.35. The van der Waals surface area contributed by atoms with Gasteiger partial charge in [0, 0.05) is 38.1 Å². The number of unbranched alkanes of at least 4 members (excludes halogenated alkanes) is 8. The Morgan fingerprint density at radius 2 is 1.50 bits per heavy atom. The lowest BCUT2D eigenvalue weighted by Gasteiger charge is -2.26. The summed E-state index contributed by atoms with van der Waals surface area (Å²) >= 11 is 0. The lowest BCUT2D eigenvalue weighted by atomic mass is 10.1. The van der Waals surface area contributed by atoms with E-state index in [0.717, 1.165) is 38.1 Å². The summed E-state index contributed by atoms with van der Waals surface area (Å²) in [6, 6.07) is 0. The highest BCUT2D eigenvalue weighted by atomic mass is 16.2. The van der Waals surface area contributed by atoms with E-state index in [0.29, 0.717) is 6.42 Å². The Bertz CT molecular complexity index is 345. The van der Waals surface area contributed by atoms with Crippen molar-refractivity contribution in [3.8, 4) is 0 Å². The van der Waals surface area contributed by atoms with Crippen molar-refractivity contribution < 1.29 is 4.79 Å². The van der Waals surface area contributed by atoms with E-state index in [4.69, 9.17) is 0 Å². The molecule has 1 fully saturated rings. The Labute approximate surface area is 149 Å². The van der Waals surface area contributed by atoms with Crippen molar-refractivity contribution in [3.63, 3.8) is 0 Å². The van der Waals surface area contributed by atoms with Crippen LogP contribution in [-0.4, -0.2) is 36.2 Å². The van der Waals surface area contributed by atoms with Gasteiger partial charge in [0.05, 0.1) is 0 Å². The van der Waals surface area contributed by atoms with E-state index in [1.54, 1.807) is 0 Å². The van der Waals surface area contributed by atoms with Gasteiger partial charge in [-0.25, -0.2) is 5.43 Å². The van der Waals surface area contributed by atoms with E-state index in [9.17, 15) is 4.79 Å². The van der Waals surface area contributed by atoms with Crippen LogP contribution in [0.3, 0.4) is 0 Å². The molecule has 0 aromatic heterocycles. The highest BCUT2D eigenvalue weighted by Gasteiger charge is 2.14. The molecule has 1 saturated heterocycles. The monoisotopic (exact) mass is 337 g/mol. The van der Waals surface area contributed by atoms with Crippen LogP contribution in [0.5, 0.6) is 0 Å². The van der Waals surface area contributed by atoms with Gasteiger partial charge >= 0.3 is 0 Å². The Hall–Kier alpha value is -0.900. The van der Waals surface area contributed by atoms with Crippen LogP contribution in [0.15, 0.2) is 5.10 Å². The van der Waals surface area contributed by atoms with Crippen LogP contribution in [0.4, 0.5) is 0 Å². The number of nitrogens with one attached hydrogen (secondary N) is 1. The minimum atomic E-state index is 0.0847. The maximum Gasteiger partial charge on any atom is 0.240 e. The van der Waals surface area contributed by atoms with Crippen molar-refractivity contribution in [2.45, 2.75) is 97.3 Å². The number of rotatable bonds is 13. The van der Waals surface area contributed by atoms with Crippen LogP contribution in [0.2, 0.25) is 0 Å². The third-order valence-electron chi connectivity index (χ3n) is 4.82. The Kier molecular flexibility index (Phi) is 12.7. The molecule has 0 aromatic carbocycles. The minimum absolute atomic E-state index is 0.0847. The summed E-state index contributed by atoms with van der Waals surface area (Å²) in [6.45, 7) is 7.82. The molecule has 0 spiro atoms. The predicted octanol–water partition coefficient (Wildman–Crippen LogP) is 4.89. The third kappa shape index (κ3) is 10.8. The first-order chi connectivity index (χ1) is 11.8. The molecule has 0 bridgehead atoms. The molecule has 0 radical (unpaired) electrons. The van der Waals surface area contributed by atoms with Gasteiger partial charge in [-0.15, -0.1) is 0 Å². The van der Waals surface area contributed by atoms with Crippen LogP contribution < -0.4 is 5.43 Å². The summed E-state index contributed by atoms with van der Waals surface area (Å²) in [5.41, 5.74) is 3.91. The van der Waals surface area contributed by atoms with Crippen molar-refractivity contribution >= 4 is 11.6 Å². The van der Waals surface area contributed by atoms with Gasteiger partial charge in [-0.1, -0.05) is 65.2 Å². The van der Waals surface area contributed by atoms with Crippen molar-refractivity contribution in [2.75, 3.05) is 19.6 Å². The number of amides is 1. The standard InChI is InChI=1S/C20H39N3O/c1-3-5-6-7-8-9-10-11-12-13-20(24)22-21-19-14-17-23(16-4-2)18-15-19/h3-18H2,1-2H3,(H,22,24). The number of hydrogen-bond donors (Lipinski definition) is 1. The molecule has 140 valence electrons. The number of piperidine rings is 1. The summed E-state index contributed by atoms with van der Waals surface area (Å²) in [5, 5.41) is 4.32. The fraction of sp³-hybridized carbons (Fsp3) is 0.900. The average molecular weight is 338 g/mol. The number of likely N-dealkylation sites (tertiary alicyclic amines) is 1. The number of hydrazone groups is 1. The maximum absolute atomic E-state index is 11.8. The van der Waals surface area contributed by atoms with Gasteiger partial charge in [-0.2, -0.15) is 5.10 Å². The molecule has 0 saturated carbocycles. The molecule has 0 atom stereocenters. The second-order valence-electron chi connectivity index (χ2n) is 7.13. The van der Waals surface area contributed by atoms with Gasteiger partial charge in [0.1, 0.15) is 0 Å². The molecule has 1 N–H and O–H groups in total. The molecule has 4 nitrogen and oxygen atoms in total. The normalized spacial score (nSPS) is 15.5. The van der Waals surface area contributed by atoms with E-state index in [1.807, 2.05) is 0 Å². The Morgan fingerprint density at radius 3 is 2.08 bits per heavy atom. The van der Waals surface area contributed by atoms with Crippen LogP contribution in [0.1, 0.15) is 97.3 Å². The van der Waals surface area contributed by atoms with E-state index < -0.39 is 0 Å². The SMILES string of the molecule is CCCCCCCCCCCC(=O)NN=C1CCN(CCC)CC1. The summed E-state index contributed by atoms with van der Waals surface area (Å²) in [6.07, 6.45) is 15.4. The van der Waals surface area contributed by atoms with Gasteiger partial charge in [0.25, 0.3) is 0 Å². The maximum atomic E-state index is 11.8. The number of hydrogen-bond acceptors (Lipinski definition) is 3. The lowest BCUT2D eigenvalue weighted by molar-refractivity contribution is -0.121. The molecule has 4 heteroatoms. The molecule has 0 aliphatic carbocycles. The van der Waals surface area contributed by atoms with E-state index in [1.165, 1.54) is 64.3 Å². The second kappa shape index (κ2) is 14.4. The van der Waals surface area contributed by atoms with E-state index in [2.05, 4.69) is 29.3 Å². The highest BCUT2D eigenvalue weighted by molar-refractivity contribution is 5.87. The largest absolute Gasteiger partial charge is 0.303 e. The minimum Gasteiger partial charge on any atom is -0.303 e. The molecule has 1 amide bonds. The van der Waals surface area contributed by atoms with Crippen molar-refractivity contribution in [1.82, 2.24) is 10.3 Å². The molecule has 0 aromatic rings. The van der Waals surface area contributed by atoms with Crippen molar-refractivity contribution in [2.24, 2.45) is 5.10 Å². The predicted molar refractivity (Wildman–Crippen MR) is 103 cm³/mol. The Morgan fingerprint density at radius 1 is 0.917 bits per heavy atom. The first kappa shape index (κ1) is 21.1. The molecule has 1 aliphatic rings. The fourth-order valence-corrected chi connectivity index (χ4v) is 3.26. The number of carbonyl (C=O) groups is 1. The Balaban J connectivity index is 1.96. The van der Waals surface area contributed by atoms with Gasteiger partial charge in [0.2, 0.25) is 5.91 Å². The molecule has 0 unspecified atom stereocenters. The molecule has 1 rings (SSSR count). The second-order valence-corrected chi connectivity index (χ2v) is 7.13. The first-order valence-corrected chi connectivity index (χ1v) is 10.3. The van der Waals surface area contributed by atoms with Crippen LogP contribution >= 0.6 is 0 Å². The van der Waals surface area contributed by atoms with Crippen LogP contribution in [0, 0.1) is 0 Å². The van der Waals surface area contributed by atoms with Gasteiger partial charge in [-0.05, 0) is 19.4 Å².